The van der Waals surface area contributed by atoms with E-state index in [0.29, 0.717) is 5.52 Å². The minimum absolute atomic E-state index is 0.0141. The van der Waals surface area contributed by atoms with E-state index < -0.39 is 0 Å². The zero-order valence-corrected chi connectivity index (χ0v) is 15.7. The molecule has 2 aromatic heterocycles. The normalized spacial score (nSPS) is 12.3. The van der Waals surface area contributed by atoms with Gasteiger partial charge in [-0.25, -0.2) is 4.68 Å². The molecule has 1 amide bonds. The number of nitrogens with zero attached hydrogens (tertiary/aromatic N) is 2. The largest absolute Gasteiger partial charge is 0.352 e. The summed E-state index contributed by atoms with van der Waals surface area (Å²) in [6.45, 7) is 1.87. The summed E-state index contributed by atoms with van der Waals surface area (Å²) in [5.74, 6) is -0.217. The molecule has 0 unspecified atom stereocenters. The van der Waals surface area contributed by atoms with Crippen LogP contribution in [0.5, 0.6) is 0 Å². The first-order valence-electron chi connectivity index (χ1n) is 9.41. The van der Waals surface area contributed by atoms with Crippen molar-refractivity contribution < 1.29 is 4.79 Å². The molecule has 0 saturated heterocycles. The zero-order valence-electron chi connectivity index (χ0n) is 15.7. The summed E-state index contributed by atoms with van der Waals surface area (Å²) >= 11 is 0. The van der Waals surface area contributed by atoms with Gasteiger partial charge < -0.3 is 10.3 Å². The Hall–Kier alpha value is -3.41. The topological polar surface area (TPSA) is 79.8 Å². The number of H-pyrrole nitrogens is 1. The lowest BCUT2D eigenvalue weighted by Crippen LogP contribution is -2.38. The van der Waals surface area contributed by atoms with Crippen LogP contribution in [0.2, 0.25) is 0 Å². The van der Waals surface area contributed by atoms with Crippen LogP contribution in [-0.4, -0.2) is 26.7 Å². The van der Waals surface area contributed by atoms with Gasteiger partial charge in [0.1, 0.15) is 12.1 Å². The number of rotatable bonds is 6. The van der Waals surface area contributed by atoms with Crippen LogP contribution < -0.4 is 10.9 Å². The number of nitrogens with one attached hydrogen (secondary N) is 2. The van der Waals surface area contributed by atoms with E-state index in [1.807, 2.05) is 49.4 Å². The Balaban J connectivity index is 1.44. The Morgan fingerprint density at radius 2 is 1.86 bits per heavy atom. The van der Waals surface area contributed by atoms with E-state index in [9.17, 15) is 9.59 Å². The molecule has 0 radical (unpaired) electrons. The summed E-state index contributed by atoms with van der Waals surface area (Å²) in [6.07, 6.45) is 3.36. The fourth-order valence-electron chi connectivity index (χ4n) is 3.44. The fraction of sp³-hybridized carbons (Fsp3) is 0.227. The van der Waals surface area contributed by atoms with Crippen molar-refractivity contribution in [3.05, 3.63) is 76.7 Å². The molecular weight excluding hydrogens is 352 g/mol. The number of aryl methyl sites for hydroxylation is 1. The maximum absolute atomic E-state index is 12.7. The number of aromatic nitrogens is 3. The number of aromatic amines is 1. The number of hydrogen-bond donors (Lipinski definition) is 2. The number of carbonyl (C=O) groups excluding carboxylic acids is 1. The van der Waals surface area contributed by atoms with Gasteiger partial charge in [-0.2, -0.15) is 5.10 Å². The second-order valence-corrected chi connectivity index (χ2v) is 7.06. The molecule has 2 heterocycles. The summed E-state index contributed by atoms with van der Waals surface area (Å²) < 4.78 is 1.21. The van der Waals surface area contributed by atoms with Crippen molar-refractivity contribution in [2.45, 2.75) is 32.4 Å². The molecule has 28 heavy (non-hydrogen) atoms. The van der Waals surface area contributed by atoms with Crippen molar-refractivity contribution in [2.24, 2.45) is 0 Å². The smallest absolute Gasteiger partial charge is 0.291 e. The van der Waals surface area contributed by atoms with Gasteiger partial charge in [0.2, 0.25) is 5.91 Å². The third-order valence-corrected chi connectivity index (χ3v) is 4.93. The van der Waals surface area contributed by atoms with Gasteiger partial charge in [-0.15, -0.1) is 0 Å². The average molecular weight is 374 g/mol. The maximum Gasteiger partial charge on any atom is 0.291 e. The Labute approximate surface area is 162 Å². The van der Waals surface area contributed by atoms with Crippen molar-refractivity contribution in [2.75, 3.05) is 0 Å². The molecule has 142 valence electrons. The first-order valence-corrected chi connectivity index (χ1v) is 9.41. The molecule has 6 heteroatoms. The van der Waals surface area contributed by atoms with E-state index in [1.54, 1.807) is 6.20 Å². The Morgan fingerprint density at radius 3 is 2.68 bits per heavy atom. The summed E-state index contributed by atoms with van der Waals surface area (Å²) in [6, 6.07) is 17.9. The fourth-order valence-corrected chi connectivity index (χ4v) is 3.44. The Bertz CT molecular complexity index is 1180. The van der Waals surface area contributed by atoms with Crippen molar-refractivity contribution in [1.29, 1.82) is 0 Å². The third-order valence-electron chi connectivity index (χ3n) is 4.93. The molecule has 0 fully saturated rings. The van der Waals surface area contributed by atoms with Gasteiger partial charge in [0.05, 0.1) is 6.20 Å². The van der Waals surface area contributed by atoms with Gasteiger partial charge in [0.15, 0.2) is 0 Å². The summed E-state index contributed by atoms with van der Waals surface area (Å²) in [4.78, 5) is 28.2. The van der Waals surface area contributed by atoms with Crippen LogP contribution in [0.15, 0.2) is 65.6 Å². The van der Waals surface area contributed by atoms with Gasteiger partial charge in [-0.1, -0.05) is 48.5 Å². The van der Waals surface area contributed by atoms with Crippen LogP contribution in [0.1, 0.15) is 18.9 Å². The van der Waals surface area contributed by atoms with Crippen LogP contribution >= 0.6 is 0 Å². The van der Waals surface area contributed by atoms with Crippen molar-refractivity contribution in [1.82, 2.24) is 20.1 Å². The molecule has 0 aliphatic carbocycles. The number of benzene rings is 2. The highest BCUT2D eigenvalue weighted by Gasteiger charge is 2.13. The molecule has 2 aromatic carbocycles. The molecule has 0 spiro atoms. The van der Waals surface area contributed by atoms with Crippen LogP contribution in [0.4, 0.5) is 0 Å². The molecule has 0 aliphatic heterocycles. The molecule has 1 atom stereocenters. The van der Waals surface area contributed by atoms with Crippen molar-refractivity contribution >= 4 is 27.7 Å². The summed E-state index contributed by atoms with van der Waals surface area (Å²) in [5, 5.41) is 8.87. The van der Waals surface area contributed by atoms with Crippen molar-refractivity contribution in [3.63, 3.8) is 0 Å². The molecule has 0 bridgehead atoms. The zero-order chi connectivity index (χ0) is 19.5. The lowest BCUT2D eigenvalue weighted by Gasteiger charge is -2.14. The highest BCUT2D eigenvalue weighted by Crippen LogP contribution is 2.21. The molecule has 0 saturated carbocycles. The second-order valence-electron chi connectivity index (χ2n) is 7.06. The third kappa shape index (κ3) is 3.67. The summed E-state index contributed by atoms with van der Waals surface area (Å²) in [5.41, 5.74) is 2.31. The number of carbonyl (C=O) groups is 1. The van der Waals surface area contributed by atoms with Crippen molar-refractivity contribution in [3.8, 4) is 0 Å². The average Bonchev–Trinajstić information content (AvgIpc) is 3.09. The first kappa shape index (κ1) is 18.0. The molecule has 2 N–H and O–H groups in total. The first-order chi connectivity index (χ1) is 13.6. The van der Waals surface area contributed by atoms with Gasteiger partial charge >= 0.3 is 0 Å². The maximum atomic E-state index is 12.7. The van der Waals surface area contributed by atoms with E-state index in [1.165, 1.54) is 10.2 Å². The molecule has 0 aliphatic rings. The number of hydrogen-bond acceptors (Lipinski definition) is 3. The van der Waals surface area contributed by atoms with Gasteiger partial charge in [0, 0.05) is 22.3 Å². The van der Waals surface area contributed by atoms with Crippen LogP contribution in [0.3, 0.4) is 0 Å². The van der Waals surface area contributed by atoms with Crippen LogP contribution in [0, 0.1) is 0 Å². The monoisotopic (exact) mass is 374 g/mol. The number of fused-ring (bicyclic) bond motifs is 3. The van der Waals surface area contributed by atoms with Gasteiger partial charge in [-0.05, 0) is 31.4 Å². The number of para-hydroxylation sites is 1. The van der Waals surface area contributed by atoms with Crippen LogP contribution in [-0.2, 0) is 17.8 Å². The quantitative estimate of drug-likeness (QED) is 0.544. The predicted molar refractivity (Wildman–Crippen MR) is 110 cm³/mol. The molecule has 6 nitrogen and oxygen atoms in total. The Morgan fingerprint density at radius 1 is 1.11 bits per heavy atom. The lowest BCUT2D eigenvalue weighted by molar-refractivity contribution is -0.122. The van der Waals surface area contributed by atoms with E-state index in [2.05, 4.69) is 27.5 Å². The number of amides is 1. The van der Waals surface area contributed by atoms with Gasteiger partial charge in [-0.3, -0.25) is 9.59 Å². The van der Waals surface area contributed by atoms with Gasteiger partial charge in [0.25, 0.3) is 5.56 Å². The lowest BCUT2D eigenvalue weighted by atomic mass is 10.1. The molecular formula is C22H22N4O2. The van der Waals surface area contributed by atoms with Crippen LogP contribution in [0.25, 0.3) is 21.8 Å². The highest BCUT2D eigenvalue weighted by atomic mass is 16.2. The van der Waals surface area contributed by atoms with E-state index in [0.717, 1.165) is 29.1 Å². The van der Waals surface area contributed by atoms with E-state index in [4.69, 9.17) is 0 Å². The van der Waals surface area contributed by atoms with E-state index >= 15 is 0 Å². The predicted octanol–water partition coefficient (Wildman–Crippen LogP) is 3.02. The highest BCUT2D eigenvalue weighted by molar-refractivity contribution is 6.06. The second kappa shape index (κ2) is 7.68. The Kier molecular flexibility index (Phi) is 4.93. The summed E-state index contributed by atoms with van der Waals surface area (Å²) in [7, 11) is 0. The molecule has 4 aromatic rings. The van der Waals surface area contributed by atoms with E-state index in [-0.39, 0.29) is 24.1 Å². The molecule has 4 rings (SSSR count). The minimum Gasteiger partial charge on any atom is -0.352 e. The minimum atomic E-state index is -0.291. The SMILES string of the molecule is C[C@@H](CCc1ccccc1)NC(=O)Cn1ncc2c([nH]c3ccccc32)c1=O. The standard InChI is InChI=1S/C22H22N4O2/c1-15(11-12-16-7-3-2-4-8-16)24-20(27)14-26-22(28)21-18(13-23-26)17-9-5-6-10-19(17)25-21/h2-10,13,15,25H,11-12,14H2,1H3,(H,24,27)/t15-/m0/s1.